The molecule has 1 aromatic rings. The molecule has 0 spiro atoms. The van der Waals surface area contributed by atoms with Gasteiger partial charge in [0, 0.05) is 0 Å². The van der Waals surface area contributed by atoms with Crippen LogP contribution in [0.1, 0.15) is 30.5 Å². The summed E-state index contributed by atoms with van der Waals surface area (Å²) in [5.41, 5.74) is 3.61. The molecule has 0 aliphatic rings. The average Bonchev–Trinajstić information content (AvgIpc) is 2.17. The molecule has 0 fully saturated rings. The largest absolute Gasteiger partial charge is 0.0871 e. The molecule has 1 rings (SSSR count). The van der Waals surface area contributed by atoms with Gasteiger partial charge in [0.15, 0.2) is 0 Å². The number of rotatable bonds is 3. The second-order valence-electron chi connectivity index (χ2n) is 5.22. The summed E-state index contributed by atoms with van der Waals surface area (Å²) in [6.07, 6.45) is 4.34. The van der Waals surface area contributed by atoms with Gasteiger partial charge in [0.05, 0.1) is 8.07 Å². The van der Waals surface area contributed by atoms with Crippen LogP contribution in [0, 0.1) is 0 Å². The molecule has 0 bridgehead atoms. The van der Waals surface area contributed by atoms with E-state index in [0.29, 0.717) is 5.54 Å². The van der Waals surface area contributed by atoms with Crippen LogP contribution >= 0.6 is 0 Å². The SMILES string of the molecule is C/C=C/c1ccccc1[C@H](C)[Si](C)(C)C. The lowest BCUT2D eigenvalue weighted by Gasteiger charge is -2.27. The van der Waals surface area contributed by atoms with Gasteiger partial charge in [-0.3, -0.25) is 0 Å². The van der Waals surface area contributed by atoms with Crippen LogP contribution in [0.3, 0.4) is 0 Å². The smallest absolute Gasteiger partial charge is 0.0518 e. The third-order valence-corrected chi connectivity index (χ3v) is 6.02. The number of hydrogen-bond donors (Lipinski definition) is 0. The minimum atomic E-state index is -1.10. The van der Waals surface area contributed by atoms with E-state index in [1.807, 2.05) is 0 Å². The molecule has 0 aromatic heterocycles. The standard InChI is InChI=1S/C14H22Si/c1-6-9-13-10-7-8-11-14(13)12(2)15(3,4)5/h6-12H,1-5H3/b9-6+/t12-/m0/s1. The Bertz CT molecular complexity index is 345. The lowest BCUT2D eigenvalue weighted by Crippen LogP contribution is -2.29. The normalized spacial score (nSPS) is 14.5. The van der Waals surface area contributed by atoms with E-state index in [1.54, 1.807) is 0 Å². The topological polar surface area (TPSA) is 0 Å². The molecule has 1 aromatic carbocycles. The number of benzene rings is 1. The van der Waals surface area contributed by atoms with Crippen LogP contribution in [0.15, 0.2) is 30.3 Å². The maximum Gasteiger partial charge on any atom is 0.0518 e. The highest BCUT2D eigenvalue weighted by atomic mass is 28.3. The Labute approximate surface area is 95.0 Å². The Kier molecular flexibility index (Phi) is 3.92. The summed E-state index contributed by atoms with van der Waals surface area (Å²) in [5.74, 6) is 0. The van der Waals surface area contributed by atoms with Crippen LogP contribution in [0.2, 0.25) is 19.6 Å². The fourth-order valence-corrected chi connectivity index (χ4v) is 2.90. The van der Waals surface area contributed by atoms with Crippen molar-refractivity contribution in [1.29, 1.82) is 0 Å². The van der Waals surface area contributed by atoms with E-state index in [1.165, 1.54) is 11.1 Å². The van der Waals surface area contributed by atoms with Gasteiger partial charge in [-0.2, -0.15) is 0 Å². The molecule has 1 heteroatoms. The predicted molar refractivity (Wildman–Crippen MR) is 72.9 cm³/mol. The van der Waals surface area contributed by atoms with Crippen LogP contribution in [-0.2, 0) is 0 Å². The second-order valence-corrected chi connectivity index (χ2v) is 10.8. The van der Waals surface area contributed by atoms with Crippen molar-refractivity contribution in [3.8, 4) is 0 Å². The molecule has 0 nitrogen and oxygen atoms in total. The van der Waals surface area contributed by atoms with Crippen molar-refractivity contribution in [3.63, 3.8) is 0 Å². The van der Waals surface area contributed by atoms with E-state index in [-0.39, 0.29) is 0 Å². The van der Waals surface area contributed by atoms with Gasteiger partial charge < -0.3 is 0 Å². The first-order valence-corrected chi connectivity index (χ1v) is 9.26. The zero-order valence-electron chi connectivity index (χ0n) is 10.5. The first-order chi connectivity index (χ1) is 6.96. The van der Waals surface area contributed by atoms with Gasteiger partial charge in [0.1, 0.15) is 0 Å². The first kappa shape index (κ1) is 12.2. The summed E-state index contributed by atoms with van der Waals surface area (Å²) >= 11 is 0. The maximum absolute atomic E-state index is 2.43. The fourth-order valence-electron chi connectivity index (χ4n) is 1.70. The van der Waals surface area contributed by atoms with Gasteiger partial charge in [0.25, 0.3) is 0 Å². The van der Waals surface area contributed by atoms with E-state index in [0.717, 1.165) is 0 Å². The molecule has 1 atom stereocenters. The molecule has 0 heterocycles. The number of hydrogen-bond acceptors (Lipinski definition) is 0. The molecule has 82 valence electrons. The van der Waals surface area contributed by atoms with E-state index < -0.39 is 8.07 Å². The van der Waals surface area contributed by atoms with Gasteiger partial charge in [0.2, 0.25) is 0 Å². The third-order valence-electron chi connectivity index (χ3n) is 3.11. The van der Waals surface area contributed by atoms with E-state index in [4.69, 9.17) is 0 Å². The van der Waals surface area contributed by atoms with Crippen molar-refractivity contribution in [2.75, 3.05) is 0 Å². The summed E-state index contributed by atoms with van der Waals surface area (Å²) in [5, 5.41) is 0. The monoisotopic (exact) mass is 218 g/mol. The Hall–Kier alpha value is -0.823. The van der Waals surface area contributed by atoms with Gasteiger partial charge in [-0.15, -0.1) is 0 Å². The highest BCUT2D eigenvalue weighted by molar-refractivity contribution is 6.77. The summed E-state index contributed by atoms with van der Waals surface area (Å²) < 4.78 is 0. The highest BCUT2D eigenvalue weighted by Crippen LogP contribution is 2.29. The fraction of sp³-hybridized carbons (Fsp3) is 0.429. The Balaban J connectivity index is 3.13. The zero-order chi connectivity index (χ0) is 11.5. The average molecular weight is 218 g/mol. The molecule has 0 aliphatic carbocycles. The summed E-state index contributed by atoms with van der Waals surface area (Å²) in [6, 6.07) is 8.76. The lowest BCUT2D eigenvalue weighted by molar-refractivity contribution is 1.01. The summed E-state index contributed by atoms with van der Waals surface area (Å²) in [6.45, 7) is 11.8. The Morgan fingerprint density at radius 3 is 2.27 bits per heavy atom. The minimum Gasteiger partial charge on any atom is -0.0871 e. The van der Waals surface area contributed by atoms with Crippen LogP contribution in [0.5, 0.6) is 0 Å². The molecule has 0 saturated carbocycles. The van der Waals surface area contributed by atoms with Crippen molar-refractivity contribution in [2.24, 2.45) is 0 Å². The lowest BCUT2D eigenvalue weighted by atomic mass is 10.0. The second kappa shape index (κ2) is 4.80. The maximum atomic E-state index is 2.43. The van der Waals surface area contributed by atoms with Crippen molar-refractivity contribution in [3.05, 3.63) is 41.5 Å². The molecule has 0 radical (unpaired) electrons. The molecular formula is C14H22Si. The van der Waals surface area contributed by atoms with Crippen LogP contribution in [0.4, 0.5) is 0 Å². The van der Waals surface area contributed by atoms with Crippen LogP contribution < -0.4 is 0 Å². The van der Waals surface area contributed by atoms with Crippen molar-refractivity contribution in [1.82, 2.24) is 0 Å². The van der Waals surface area contributed by atoms with Gasteiger partial charge in [-0.1, -0.05) is 63.0 Å². The Morgan fingerprint density at radius 2 is 1.73 bits per heavy atom. The molecular weight excluding hydrogens is 196 g/mol. The minimum absolute atomic E-state index is 0.713. The van der Waals surface area contributed by atoms with E-state index in [9.17, 15) is 0 Å². The van der Waals surface area contributed by atoms with Gasteiger partial charge >= 0.3 is 0 Å². The zero-order valence-corrected chi connectivity index (χ0v) is 11.5. The highest BCUT2D eigenvalue weighted by Gasteiger charge is 2.24. The summed E-state index contributed by atoms with van der Waals surface area (Å²) in [4.78, 5) is 0. The van der Waals surface area contributed by atoms with Crippen LogP contribution in [0.25, 0.3) is 6.08 Å². The van der Waals surface area contributed by atoms with Gasteiger partial charge in [-0.25, -0.2) is 0 Å². The van der Waals surface area contributed by atoms with E-state index in [2.05, 4.69) is 69.9 Å². The molecule has 0 amide bonds. The third kappa shape index (κ3) is 3.06. The van der Waals surface area contributed by atoms with E-state index >= 15 is 0 Å². The predicted octanol–water partition coefficient (Wildman–Crippen LogP) is 4.70. The molecule has 0 unspecified atom stereocenters. The Morgan fingerprint density at radius 1 is 1.13 bits per heavy atom. The quantitative estimate of drug-likeness (QED) is 0.645. The van der Waals surface area contributed by atoms with Gasteiger partial charge in [-0.05, 0) is 23.6 Å². The molecule has 0 aliphatic heterocycles. The van der Waals surface area contributed by atoms with Crippen LogP contribution in [-0.4, -0.2) is 8.07 Å². The first-order valence-electron chi connectivity index (χ1n) is 5.68. The van der Waals surface area contributed by atoms with Crippen molar-refractivity contribution < 1.29 is 0 Å². The molecule has 0 N–H and O–H groups in total. The van der Waals surface area contributed by atoms with Crippen molar-refractivity contribution in [2.45, 2.75) is 39.0 Å². The summed E-state index contributed by atoms with van der Waals surface area (Å²) in [7, 11) is -1.10. The molecule has 15 heavy (non-hydrogen) atoms. The van der Waals surface area contributed by atoms with Crippen molar-refractivity contribution >= 4 is 14.1 Å². The number of allylic oxidation sites excluding steroid dienone is 1. The molecule has 0 saturated heterocycles.